The van der Waals surface area contributed by atoms with Crippen LogP contribution in [0.15, 0.2) is 6.07 Å². The van der Waals surface area contributed by atoms with Crippen LogP contribution in [0.3, 0.4) is 0 Å². The number of carbonyl (C=O) groups is 2. The van der Waals surface area contributed by atoms with E-state index in [1.807, 2.05) is 27.0 Å². The van der Waals surface area contributed by atoms with Gasteiger partial charge in [-0.15, -0.1) is 23.1 Å². The molecule has 2 aromatic rings. The van der Waals surface area contributed by atoms with Gasteiger partial charge in [0, 0.05) is 18.2 Å². The van der Waals surface area contributed by atoms with Crippen LogP contribution < -0.4 is 0 Å². The predicted octanol–water partition coefficient (Wildman–Crippen LogP) is 1.93. The highest BCUT2D eigenvalue weighted by Crippen LogP contribution is 2.34. The number of amides is 1. The van der Waals surface area contributed by atoms with Gasteiger partial charge in [0.25, 0.3) is 5.91 Å². The minimum absolute atomic E-state index is 0.122. The highest BCUT2D eigenvalue weighted by atomic mass is 32.2. The van der Waals surface area contributed by atoms with Gasteiger partial charge in [-0.05, 0) is 19.9 Å². The molecule has 1 aliphatic rings. The van der Waals surface area contributed by atoms with Crippen molar-refractivity contribution < 1.29 is 14.7 Å². The first kappa shape index (κ1) is 14.4. The molecule has 3 heterocycles. The molecule has 0 spiro atoms. The Labute approximate surface area is 129 Å². The summed E-state index contributed by atoms with van der Waals surface area (Å²) in [5, 5.41) is 14.4. The number of nitrogens with zero attached hydrogens (tertiary/aromatic N) is 3. The average molecular weight is 325 g/mol. The zero-order valence-electron chi connectivity index (χ0n) is 11.9. The molecular formula is C13H15N3O3S2. The Bertz CT molecular complexity index is 702. The van der Waals surface area contributed by atoms with Crippen LogP contribution in [0.25, 0.3) is 10.2 Å². The van der Waals surface area contributed by atoms with Gasteiger partial charge in [-0.25, -0.2) is 4.79 Å². The van der Waals surface area contributed by atoms with Gasteiger partial charge in [0.05, 0.1) is 15.9 Å². The molecule has 1 fully saturated rings. The molecule has 0 aromatic carbocycles. The lowest BCUT2D eigenvalue weighted by Gasteiger charge is -2.24. The fraction of sp³-hybridized carbons (Fsp3) is 0.462. The standard InChI is InChI=1S/C13H15N3O3S2/c1-6-8-4-10(21-12(8)15(3)14-6)11(17)16-7(2)20-5-9(16)13(18)19/h4,7,9H,5H2,1-3H3,(H,18,19). The van der Waals surface area contributed by atoms with Gasteiger partial charge in [-0.1, -0.05) is 0 Å². The lowest BCUT2D eigenvalue weighted by Crippen LogP contribution is -2.44. The third-order valence-corrected chi connectivity index (χ3v) is 6.06. The molecule has 112 valence electrons. The molecule has 1 aliphatic heterocycles. The highest BCUT2D eigenvalue weighted by molar-refractivity contribution is 8.00. The second-order valence-electron chi connectivity index (χ2n) is 5.04. The molecule has 6 nitrogen and oxygen atoms in total. The van der Waals surface area contributed by atoms with Crippen LogP contribution in [-0.4, -0.2) is 48.8 Å². The van der Waals surface area contributed by atoms with Gasteiger partial charge in [0.2, 0.25) is 0 Å². The monoisotopic (exact) mass is 325 g/mol. The molecule has 0 radical (unpaired) electrons. The van der Waals surface area contributed by atoms with Crippen molar-refractivity contribution in [2.24, 2.45) is 7.05 Å². The topological polar surface area (TPSA) is 75.4 Å². The number of aromatic nitrogens is 2. The summed E-state index contributed by atoms with van der Waals surface area (Å²) >= 11 is 2.85. The number of hydrogen-bond donors (Lipinski definition) is 1. The second kappa shape index (κ2) is 5.03. The van der Waals surface area contributed by atoms with Crippen molar-refractivity contribution in [3.8, 4) is 0 Å². The first-order valence-electron chi connectivity index (χ1n) is 6.50. The minimum atomic E-state index is -0.945. The second-order valence-corrected chi connectivity index (χ2v) is 7.42. The maximum atomic E-state index is 12.7. The lowest BCUT2D eigenvalue weighted by molar-refractivity contribution is -0.141. The number of carbonyl (C=O) groups excluding carboxylic acids is 1. The van der Waals surface area contributed by atoms with Crippen LogP contribution in [0, 0.1) is 6.92 Å². The summed E-state index contributed by atoms with van der Waals surface area (Å²) in [7, 11) is 1.84. The molecule has 2 aromatic heterocycles. The predicted molar refractivity (Wildman–Crippen MR) is 82.8 cm³/mol. The number of hydrogen-bond acceptors (Lipinski definition) is 5. The van der Waals surface area contributed by atoms with E-state index in [2.05, 4.69) is 5.10 Å². The molecule has 0 saturated carbocycles. The Hall–Kier alpha value is -1.54. The summed E-state index contributed by atoms with van der Waals surface area (Å²) < 4.78 is 1.75. The van der Waals surface area contributed by atoms with Gasteiger partial charge in [-0.3, -0.25) is 9.48 Å². The molecule has 21 heavy (non-hydrogen) atoms. The molecule has 0 bridgehead atoms. The fourth-order valence-electron chi connectivity index (χ4n) is 2.58. The molecule has 2 unspecified atom stereocenters. The van der Waals surface area contributed by atoms with E-state index in [1.165, 1.54) is 28.0 Å². The van der Waals surface area contributed by atoms with Crippen molar-refractivity contribution in [3.63, 3.8) is 0 Å². The Kier molecular flexibility index (Phi) is 3.45. The molecule has 1 amide bonds. The lowest BCUT2D eigenvalue weighted by atomic mass is 10.2. The van der Waals surface area contributed by atoms with E-state index in [-0.39, 0.29) is 11.3 Å². The maximum Gasteiger partial charge on any atom is 0.327 e. The van der Waals surface area contributed by atoms with E-state index in [0.717, 1.165) is 15.9 Å². The van der Waals surface area contributed by atoms with Crippen molar-refractivity contribution in [3.05, 3.63) is 16.6 Å². The van der Waals surface area contributed by atoms with Gasteiger partial charge in [0.1, 0.15) is 10.9 Å². The fourth-order valence-corrected chi connectivity index (χ4v) is 4.81. The third-order valence-electron chi connectivity index (χ3n) is 3.65. The first-order valence-corrected chi connectivity index (χ1v) is 8.37. The van der Waals surface area contributed by atoms with Crippen LogP contribution in [0.2, 0.25) is 0 Å². The average Bonchev–Trinajstić information content (AvgIpc) is 3.06. The summed E-state index contributed by atoms with van der Waals surface area (Å²) in [5.74, 6) is -0.715. The summed E-state index contributed by atoms with van der Waals surface area (Å²) in [6, 6.07) is 1.07. The molecule has 8 heteroatoms. The van der Waals surface area contributed by atoms with Crippen molar-refractivity contribution in [1.82, 2.24) is 14.7 Å². The summed E-state index contributed by atoms with van der Waals surface area (Å²) in [6.07, 6.45) is 0. The third kappa shape index (κ3) is 2.22. The van der Waals surface area contributed by atoms with E-state index in [9.17, 15) is 14.7 Å². The van der Waals surface area contributed by atoms with Gasteiger partial charge in [-0.2, -0.15) is 5.10 Å². The van der Waals surface area contributed by atoms with Gasteiger partial charge >= 0.3 is 5.97 Å². The first-order chi connectivity index (χ1) is 9.90. The number of thioether (sulfide) groups is 1. The van der Waals surface area contributed by atoms with Crippen LogP contribution in [0.4, 0.5) is 0 Å². The molecular weight excluding hydrogens is 310 g/mol. The quantitative estimate of drug-likeness (QED) is 0.913. The molecule has 0 aliphatic carbocycles. The van der Waals surface area contributed by atoms with E-state index < -0.39 is 12.0 Å². The van der Waals surface area contributed by atoms with Gasteiger partial charge in [0.15, 0.2) is 0 Å². The number of aliphatic carboxylic acids is 1. The van der Waals surface area contributed by atoms with Gasteiger partial charge < -0.3 is 10.0 Å². The zero-order valence-corrected chi connectivity index (χ0v) is 13.5. The Morgan fingerprint density at radius 2 is 2.19 bits per heavy atom. The van der Waals surface area contributed by atoms with Crippen LogP contribution >= 0.6 is 23.1 Å². The van der Waals surface area contributed by atoms with E-state index >= 15 is 0 Å². The Balaban J connectivity index is 1.99. The zero-order chi connectivity index (χ0) is 15.3. The van der Waals surface area contributed by atoms with Crippen molar-refractivity contribution >= 4 is 45.2 Å². The highest BCUT2D eigenvalue weighted by Gasteiger charge is 2.40. The maximum absolute atomic E-state index is 12.7. The number of rotatable bonds is 2. The molecule has 1 N–H and O–H groups in total. The normalized spacial score (nSPS) is 22.1. The smallest absolute Gasteiger partial charge is 0.327 e. The van der Waals surface area contributed by atoms with E-state index in [1.54, 1.807) is 4.68 Å². The van der Waals surface area contributed by atoms with E-state index in [0.29, 0.717) is 10.6 Å². The van der Waals surface area contributed by atoms with Crippen LogP contribution in [-0.2, 0) is 11.8 Å². The SMILES string of the molecule is Cc1nn(C)c2sc(C(=O)N3C(C)SCC3C(=O)O)cc12. The molecule has 2 atom stereocenters. The Morgan fingerprint density at radius 1 is 1.48 bits per heavy atom. The largest absolute Gasteiger partial charge is 0.480 e. The molecule has 1 saturated heterocycles. The van der Waals surface area contributed by atoms with Crippen molar-refractivity contribution in [1.29, 1.82) is 0 Å². The number of aryl methyl sites for hydroxylation is 2. The summed E-state index contributed by atoms with van der Waals surface area (Å²) in [5.41, 5.74) is 0.876. The Morgan fingerprint density at radius 3 is 2.81 bits per heavy atom. The number of fused-ring (bicyclic) bond motifs is 1. The number of thiophene rings is 1. The van der Waals surface area contributed by atoms with Crippen molar-refractivity contribution in [2.45, 2.75) is 25.3 Å². The minimum Gasteiger partial charge on any atom is -0.480 e. The van der Waals surface area contributed by atoms with Crippen LogP contribution in [0.1, 0.15) is 22.3 Å². The number of carboxylic acid groups (broad SMARTS) is 1. The van der Waals surface area contributed by atoms with Crippen molar-refractivity contribution in [2.75, 3.05) is 5.75 Å². The number of carboxylic acids is 1. The molecule has 3 rings (SSSR count). The summed E-state index contributed by atoms with van der Waals surface area (Å²) in [6.45, 7) is 3.77. The van der Waals surface area contributed by atoms with Crippen LogP contribution in [0.5, 0.6) is 0 Å². The summed E-state index contributed by atoms with van der Waals surface area (Å²) in [4.78, 5) is 27.0. The van der Waals surface area contributed by atoms with E-state index in [4.69, 9.17) is 0 Å².